The lowest BCUT2D eigenvalue weighted by molar-refractivity contribution is -0.146. The lowest BCUT2D eigenvalue weighted by atomic mass is 9.99. The molecular formula is C15H20N2O4. The monoisotopic (exact) mass is 292 g/mol. The molecule has 0 bridgehead atoms. The van der Waals surface area contributed by atoms with Gasteiger partial charge in [0, 0.05) is 31.9 Å². The van der Waals surface area contributed by atoms with Crippen molar-refractivity contribution in [3.8, 4) is 0 Å². The van der Waals surface area contributed by atoms with Crippen LogP contribution in [0.3, 0.4) is 0 Å². The van der Waals surface area contributed by atoms with Crippen LogP contribution in [0.5, 0.6) is 0 Å². The molecule has 0 N–H and O–H groups in total. The van der Waals surface area contributed by atoms with Crippen LogP contribution in [0.1, 0.15) is 34.7 Å². The maximum absolute atomic E-state index is 12.5. The lowest BCUT2D eigenvalue weighted by Gasteiger charge is -2.16. The highest BCUT2D eigenvalue weighted by atomic mass is 16.5. The van der Waals surface area contributed by atoms with E-state index in [0.29, 0.717) is 24.3 Å². The second-order valence-corrected chi connectivity index (χ2v) is 5.60. The quantitative estimate of drug-likeness (QED) is 0.618. The third kappa shape index (κ3) is 2.84. The summed E-state index contributed by atoms with van der Waals surface area (Å²) < 4.78 is 6.42. The Morgan fingerprint density at radius 1 is 1.29 bits per heavy atom. The molecule has 0 saturated carbocycles. The number of Topliss-reactive ketones (excluding diaryl/α,β-unsaturated/α-hetero) is 1. The molecule has 0 radical (unpaired) electrons. The Morgan fingerprint density at radius 2 is 1.95 bits per heavy atom. The van der Waals surface area contributed by atoms with Gasteiger partial charge < -0.3 is 14.2 Å². The van der Waals surface area contributed by atoms with Crippen LogP contribution in [0.15, 0.2) is 12.3 Å². The summed E-state index contributed by atoms with van der Waals surface area (Å²) in [4.78, 5) is 37.3. The van der Waals surface area contributed by atoms with Crippen molar-refractivity contribution in [2.45, 2.75) is 13.8 Å². The molecule has 1 saturated heterocycles. The van der Waals surface area contributed by atoms with E-state index >= 15 is 0 Å². The van der Waals surface area contributed by atoms with Crippen LogP contribution >= 0.6 is 0 Å². The number of likely N-dealkylation sites (tertiary alicyclic amines) is 1. The highest BCUT2D eigenvalue weighted by molar-refractivity contribution is 5.99. The van der Waals surface area contributed by atoms with E-state index < -0.39 is 0 Å². The largest absolute Gasteiger partial charge is 0.469 e. The Morgan fingerprint density at radius 3 is 2.48 bits per heavy atom. The fourth-order valence-electron chi connectivity index (χ4n) is 2.72. The topological polar surface area (TPSA) is 68.6 Å². The van der Waals surface area contributed by atoms with Gasteiger partial charge in [0.05, 0.1) is 13.0 Å². The molecule has 1 aliphatic heterocycles. The van der Waals surface area contributed by atoms with Crippen molar-refractivity contribution in [1.82, 2.24) is 9.47 Å². The summed E-state index contributed by atoms with van der Waals surface area (Å²) >= 11 is 0. The predicted molar refractivity (Wildman–Crippen MR) is 76.0 cm³/mol. The van der Waals surface area contributed by atoms with E-state index in [1.807, 2.05) is 6.92 Å². The van der Waals surface area contributed by atoms with Crippen molar-refractivity contribution in [3.63, 3.8) is 0 Å². The zero-order chi connectivity index (χ0) is 15.7. The van der Waals surface area contributed by atoms with Gasteiger partial charge in [-0.05, 0) is 18.9 Å². The zero-order valence-corrected chi connectivity index (χ0v) is 12.8. The minimum Gasteiger partial charge on any atom is -0.469 e. The molecule has 2 rings (SSSR count). The van der Waals surface area contributed by atoms with E-state index in [1.54, 1.807) is 28.8 Å². The predicted octanol–water partition coefficient (Wildman–Crippen LogP) is 1.11. The van der Waals surface area contributed by atoms with Crippen molar-refractivity contribution in [2.75, 3.05) is 20.2 Å². The molecule has 0 spiro atoms. The number of aromatic nitrogens is 1. The number of carbonyl (C=O) groups is 3. The molecule has 6 heteroatoms. The third-order valence-corrected chi connectivity index (χ3v) is 4.03. The van der Waals surface area contributed by atoms with E-state index in [9.17, 15) is 14.4 Å². The summed E-state index contributed by atoms with van der Waals surface area (Å²) in [5.74, 6) is -0.746. The van der Waals surface area contributed by atoms with Gasteiger partial charge in [-0.15, -0.1) is 0 Å². The first-order valence-corrected chi connectivity index (χ1v) is 6.89. The minimum absolute atomic E-state index is 0.0638. The lowest BCUT2D eigenvalue weighted by Crippen LogP contribution is -2.31. The smallest absolute Gasteiger partial charge is 0.310 e. The SMILES string of the molecule is COC(=O)C1CN(C(=O)c2cc(C(C)=O)cn2C)CC1C. The molecule has 2 heterocycles. The number of nitrogens with zero attached hydrogens (tertiary/aromatic N) is 2. The molecule has 1 aromatic heterocycles. The Hall–Kier alpha value is -2.11. The fraction of sp³-hybridized carbons (Fsp3) is 0.533. The summed E-state index contributed by atoms with van der Waals surface area (Å²) in [6.45, 7) is 4.27. The molecule has 1 aromatic rings. The Labute approximate surface area is 123 Å². The summed E-state index contributed by atoms with van der Waals surface area (Å²) in [6, 6.07) is 1.60. The zero-order valence-electron chi connectivity index (χ0n) is 12.8. The average molecular weight is 292 g/mol. The molecule has 1 aliphatic rings. The second kappa shape index (κ2) is 5.71. The van der Waals surface area contributed by atoms with Crippen molar-refractivity contribution in [1.29, 1.82) is 0 Å². The number of esters is 1. The number of hydrogen-bond donors (Lipinski definition) is 0. The number of amides is 1. The molecule has 1 amide bonds. The first-order valence-electron chi connectivity index (χ1n) is 6.89. The molecule has 2 unspecified atom stereocenters. The fourth-order valence-corrected chi connectivity index (χ4v) is 2.72. The molecule has 21 heavy (non-hydrogen) atoms. The number of carbonyl (C=O) groups excluding carboxylic acids is 3. The van der Waals surface area contributed by atoms with E-state index in [1.165, 1.54) is 14.0 Å². The number of rotatable bonds is 3. The van der Waals surface area contributed by atoms with Crippen LogP contribution in [0.2, 0.25) is 0 Å². The van der Waals surface area contributed by atoms with Crippen LogP contribution in [0.4, 0.5) is 0 Å². The van der Waals surface area contributed by atoms with Gasteiger partial charge in [-0.2, -0.15) is 0 Å². The van der Waals surface area contributed by atoms with Gasteiger partial charge in [0.1, 0.15) is 5.69 Å². The van der Waals surface area contributed by atoms with Gasteiger partial charge in [-0.25, -0.2) is 0 Å². The molecule has 0 aliphatic carbocycles. The van der Waals surface area contributed by atoms with Gasteiger partial charge in [0.2, 0.25) is 0 Å². The van der Waals surface area contributed by atoms with Crippen molar-refractivity contribution in [3.05, 3.63) is 23.5 Å². The Balaban J connectivity index is 2.18. The van der Waals surface area contributed by atoms with Crippen molar-refractivity contribution >= 4 is 17.7 Å². The van der Waals surface area contributed by atoms with E-state index in [2.05, 4.69) is 0 Å². The molecule has 114 valence electrons. The average Bonchev–Trinajstić information content (AvgIpc) is 3.00. The summed E-state index contributed by atoms with van der Waals surface area (Å²) in [7, 11) is 3.09. The number of methoxy groups -OCH3 is 1. The third-order valence-electron chi connectivity index (χ3n) is 4.03. The Bertz CT molecular complexity index is 590. The normalized spacial score (nSPS) is 21.4. The van der Waals surface area contributed by atoms with Crippen LogP contribution in [-0.2, 0) is 16.6 Å². The highest BCUT2D eigenvalue weighted by Gasteiger charge is 2.38. The molecular weight excluding hydrogens is 272 g/mol. The van der Waals surface area contributed by atoms with Crippen LogP contribution in [0, 0.1) is 11.8 Å². The first kappa shape index (κ1) is 15.3. The molecule has 6 nitrogen and oxygen atoms in total. The van der Waals surface area contributed by atoms with Gasteiger partial charge >= 0.3 is 5.97 Å². The van der Waals surface area contributed by atoms with Gasteiger partial charge in [-0.3, -0.25) is 14.4 Å². The van der Waals surface area contributed by atoms with Crippen molar-refractivity contribution < 1.29 is 19.1 Å². The molecule has 1 fully saturated rings. The summed E-state index contributed by atoms with van der Waals surface area (Å²) in [6.07, 6.45) is 1.65. The van der Waals surface area contributed by atoms with E-state index in [4.69, 9.17) is 4.74 Å². The van der Waals surface area contributed by atoms with Gasteiger partial charge in [0.15, 0.2) is 5.78 Å². The van der Waals surface area contributed by atoms with Gasteiger partial charge in [-0.1, -0.05) is 6.92 Å². The van der Waals surface area contributed by atoms with Crippen LogP contribution in [0.25, 0.3) is 0 Å². The minimum atomic E-state index is -0.286. The summed E-state index contributed by atoms with van der Waals surface area (Å²) in [5.41, 5.74) is 0.968. The maximum Gasteiger partial charge on any atom is 0.310 e. The molecule has 2 atom stereocenters. The highest BCUT2D eigenvalue weighted by Crippen LogP contribution is 2.25. The first-order chi connectivity index (χ1) is 9.85. The second-order valence-electron chi connectivity index (χ2n) is 5.60. The number of hydrogen-bond acceptors (Lipinski definition) is 4. The molecule has 0 aromatic carbocycles. The Kier molecular flexibility index (Phi) is 4.16. The van der Waals surface area contributed by atoms with Crippen LogP contribution in [-0.4, -0.2) is 47.3 Å². The van der Waals surface area contributed by atoms with Crippen LogP contribution < -0.4 is 0 Å². The maximum atomic E-state index is 12.5. The number of aryl methyl sites for hydroxylation is 1. The number of ketones is 1. The number of ether oxygens (including phenoxy) is 1. The summed E-state index contributed by atoms with van der Waals surface area (Å²) in [5, 5.41) is 0. The van der Waals surface area contributed by atoms with Gasteiger partial charge in [0.25, 0.3) is 5.91 Å². The standard InChI is InChI=1S/C15H20N2O4/c1-9-6-17(8-12(9)15(20)21-4)14(19)13-5-11(10(2)18)7-16(13)3/h5,7,9,12H,6,8H2,1-4H3. The van der Waals surface area contributed by atoms with E-state index in [-0.39, 0.29) is 29.5 Å². The van der Waals surface area contributed by atoms with E-state index in [0.717, 1.165) is 0 Å². The van der Waals surface area contributed by atoms with Crippen molar-refractivity contribution in [2.24, 2.45) is 18.9 Å².